The van der Waals surface area contributed by atoms with Crippen LogP contribution in [-0.2, 0) is 0 Å². The highest BCUT2D eigenvalue weighted by Crippen LogP contribution is 2.21. The maximum Gasteiger partial charge on any atom is 0.119 e. The summed E-state index contributed by atoms with van der Waals surface area (Å²) in [6.07, 6.45) is 0. The van der Waals surface area contributed by atoms with Crippen molar-refractivity contribution in [2.24, 2.45) is 5.41 Å². The second-order valence-corrected chi connectivity index (χ2v) is 5.68. The molecule has 0 aliphatic heterocycles. The first-order valence-corrected chi connectivity index (χ1v) is 6.43. The summed E-state index contributed by atoms with van der Waals surface area (Å²) in [6.45, 7) is 10.4. The van der Waals surface area contributed by atoms with Crippen LogP contribution in [-0.4, -0.2) is 19.2 Å². The molecule has 0 saturated carbocycles. The monoisotopic (exact) mass is 255 g/mol. The lowest BCUT2D eigenvalue weighted by Gasteiger charge is -2.31. The van der Waals surface area contributed by atoms with Gasteiger partial charge in [-0.15, -0.1) is 0 Å². The van der Waals surface area contributed by atoms with Crippen LogP contribution < -0.4 is 10.1 Å². The Morgan fingerprint density at radius 2 is 1.82 bits per heavy atom. The van der Waals surface area contributed by atoms with Crippen molar-refractivity contribution in [3.8, 4) is 5.75 Å². The van der Waals surface area contributed by atoms with Crippen molar-refractivity contribution in [3.63, 3.8) is 0 Å². The first-order chi connectivity index (χ1) is 7.93. The molecule has 0 saturated heterocycles. The Labute approximate surface area is 109 Å². The third-order valence-electron chi connectivity index (χ3n) is 2.73. The average Bonchev–Trinajstić information content (AvgIpc) is 2.25. The second-order valence-electron chi connectivity index (χ2n) is 5.24. The summed E-state index contributed by atoms with van der Waals surface area (Å²) < 4.78 is 5.78. The van der Waals surface area contributed by atoms with Crippen LogP contribution in [0.3, 0.4) is 0 Å². The molecule has 0 spiro atoms. The third-order valence-corrected chi connectivity index (χ3v) is 2.98. The van der Waals surface area contributed by atoms with Crippen molar-refractivity contribution >= 4 is 11.6 Å². The molecule has 1 aromatic rings. The van der Waals surface area contributed by atoms with Gasteiger partial charge in [0.1, 0.15) is 12.4 Å². The summed E-state index contributed by atoms with van der Waals surface area (Å²) in [4.78, 5) is 0. The minimum absolute atomic E-state index is 0.183. The number of ether oxygens (including phenoxy) is 1. The van der Waals surface area contributed by atoms with Crippen LogP contribution >= 0.6 is 11.6 Å². The normalized spacial score (nSPS) is 13.5. The summed E-state index contributed by atoms with van der Waals surface area (Å²) in [7, 11) is 0. The molecule has 0 aromatic heterocycles. The van der Waals surface area contributed by atoms with Gasteiger partial charge in [0.05, 0.1) is 0 Å². The minimum atomic E-state index is 0.183. The van der Waals surface area contributed by atoms with Crippen LogP contribution in [0, 0.1) is 5.41 Å². The van der Waals surface area contributed by atoms with E-state index in [1.165, 1.54) is 0 Å². The van der Waals surface area contributed by atoms with Crippen LogP contribution in [0.15, 0.2) is 24.3 Å². The molecule has 1 N–H and O–H groups in total. The average molecular weight is 256 g/mol. The molecule has 0 aliphatic carbocycles. The van der Waals surface area contributed by atoms with Gasteiger partial charge >= 0.3 is 0 Å². The van der Waals surface area contributed by atoms with E-state index in [0.717, 1.165) is 17.3 Å². The van der Waals surface area contributed by atoms with Crippen molar-refractivity contribution in [2.45, 2.75) is 33.7 Å². The van der Waals surface area contributed by atoms with Crippen LogP contribution in [0.2, 0.25) is 5.02 Å². The lowest BCUT2D eigenvalue weighted by atomic mass is 9.87. The summed E-state index contributed by atoms with van der Waals surface area (Å²) in [5.41, 5.74) is 0.183. The topological polar surface area (TPSA) is 21.3 Å². The van der Waals surface area contributed by atoms with Gasteiger partial charge in [0.2, 0.25) is 0 Å². The first kappa shape index (κ1) is 14.3. The molecule has 96 valence electrons. The summed E-state index contributed by atoms with van der Waals surface area (Å²) in [5.74, 6) is 0.863. The van der Waals surface area contributed by atoms with Crippen LogP contribution in [0.25, 0.3) is 0 Å². The van der Waals surface area contributed by atoms with E-state index in [1.807, 2.05) is 24.3 Å². The molecule has 0 bridgehead atoms. The molecule has 1 atom stereocenters. The largest absolute Gasteiger partial charge is 0.492 e. The van der Waals surface area contributed by atoms with E-state index in [4.69, 9.17) is 16.3 Å². The van der Waals surface area contributed by atoms with Gasteiger partial charge in [-0.2, -0.15) is 0 Å². The van der Waals surface area contributed by atoms with Crippen molar-refractivity contribution in [1.82, 2.24) is 5.32 Å². The highest BCUT2D eigenvalue weighted by Gasteiger charge is 2.24. The number of nitrogens with one attached hydrogen (secondary N) is 1. The van der Waals surface area contributed by atoms with Gasteiger partial charge in [-0.3, -0.25) is 0 Å². The van der Waals surface area contributed by atoms with Gasteiger partial charge in [0, 0.05) is 11.1 Å². The molecule has 3 heteroatoms. The maximum absolute atomic E-state index is 5.83. The molecular weight excluding hydrogens is 234 g/mol. The van der Waals surface area contributed by atoms with Crippen molar-refractivity contribution in [2.75, 3.05) is 13.2 Å². The molecule has 17 heavy (non-hydrogen) atoms. The maximum atomic E-state index is 5.83. The third kappa shape index (κ3) is 4.97. The summed E-state index contributed by atoms with van der Waals surface area (Å²) >= 11 is 5.83. The zero-order valence-electron chi connectivity index (χ0n) is 11.1. The second kappa shape index (κ2) is 6.27. The number of benzene rings is 1. The molecule has 1 rings (SSSR count). The van der Waals surface area contributed by atoms with Gasteiger partial charge in [-0.25, -0.2) is 0 Å². The van der Waals surface area contributed by atoms with E-state index < -0.39 is 0 Å². The number of hydrogen-bond donors (Lipinski definition) is 1. The summed E-state index contributed by atoms with van der Waals surface area (Å²) in [6, 6.07) is 7.82. The number of halogens is 1. The van der Waals surface area contributed by atoms with E-state index in [2.05, 4.69) is 33.0 Å². The Hall–Kier alpha value is -0.730. The van der Waals surface area contributed by atoms with Gasteiger partial charge in [0.25, 0.3) is 0 Å². The molecular formula is C14H22ClNO. The van der Waals surface area contributed by atoms with E-state index in [-0.39, 0.29) is 5.41 Å². The van der Waals surface area contributed by atoms with Crippen molar-refractivity contribution < 1.29 is 4.74 Å². The molecule has 0 heterocycles. The fourth-order valence-corrected chi connectivity index (χ4v) is 1.70. The Kier molecular flexibility index (Phi) is 5.29. The van der Waals surface area contributed by atoms with Crippen LogP contribution in [0.1, 0.15) is 27.7 Å². The Balaban J connectivity index is 2.54. The Morgan fingerprint density at radius 3 is 2.29 bits per heavy atom. The standard InChI is InChI=1S/C14H22ClNO/c1-5-16-13(14(2,3)4)10-17-12-8-6-11(15)7-9-12/h6-9,13,16H,5,10H2,1-4H3. The first-order valence-electron chi connectivity index (χ1n) is 6.05. The molecule has 2 nitrogen and oxygen atoms in total. The fraction of sp³-hybridized carbons (Fsp3) is 0.571. The molecule has 1 aromatic carbocycles. The van der Waals surface area contributed by atoms with Crippen LogP contribution in [0.4, 0.5) is 0 Å². The SMILES string of the molecule is CCNC(COc1ccc(Cl)cc1)C(C)(C)C. The number of likely N-dealkylation sites (N-methyl/N-ethyl adjacent to an activating group) is 1. The van der Waals surface area contributed by atoms with Gasteiger partial charge in [0.15, 0.2) is 0 Å². The Bertz CT molecular complexity index is 329. The molecule has 1 unspecified atom stereocenters. The Morgan fingerprint density at radius 1 is 1.24 bits per heavy atom. The summed E-state index contributed by atoms with van der Waals surface area (Å²) in [5, 5.41) is 4.19. The predicted molar refractivity (Wildman–Crippen MR) is 73.9 cm³/mol. The number of hydrogen-bond acceptors (Lipinski definition) is 2. The predicted octanol–water partition coefficient (Wildman–Crippen LogP) is 3.74. The zero-order chi connectivity index (χ0) is 12.9. The zero-order valence-corrected chi connectivity index (χ0v) is 11.8. The quantitative estimate of drug-likeness (QED) is 0.865. The van der Waals surface area contributed by atoms with E-state index in [0.29, 0.717) is 12.6 Å². The molecule has 0 fully saturated rings. The van der Waals surface area contributed by atoms with Crippen molar-refractivity contribution in [3.05, 3.63) is 29.3 Å². The van der Waals surface area contributed by atoms with E-state index in [1.54, 1.807) is 0 Å². The number of rotatable bonds is 5. The van der Waals surface area contributed by atoms with Crippen LogP contribution in [0.5, 0.6) is 5.75 Å². The van der Waals surface area contributed by atoms with Gasteiger partial charge < -0.3 is 10.1 Å². The van der Waals surface area contributed by atoms with Crippen molar-refractivity contribution in [1.29, 1.82) is 0 Å². The van der Waals surface area contributed by atoms with Gasteiger partial charge in [-0.1, -0.05) is 39.3 Å². The molecule has 0 amide bonds. The van der Waals surface area contributed by atoms with E-state index in [9.17, 15) is 0 Å². The smallest absolute Gasteiger partial charge is 0.119 e. The fourth-order valence-electron chi connectivity index (χ4n) is 1.57. The lowest BCUT2D eigenvalue weighted by molar-refractivity contribution is 0.176. The highest BCUT2D eigenvalue weighted by molar-refractivity contribution is 6.30. The molecule has 0 radical (unpaired) electrons. The minimum Gasteiger partial charge on any atom is -0.492 e. The lowest BCUT2D eigenvalue weighted by Crippen LogP contribution is -2.44. The highest BCUT2D eigenvalue weighted by atomic mass is 35.5. The molecule has 0 aliphatic rings. The van der Waals surface area contributed by atoms with E-state index >= 15 is 0 Å². The van der Waals surface area contributed by atoms with Gasteiger partial charge in [-0.05, 0) is 36.2 Å².